The standard InChI is InChI=1S/C19H27N3O2/c1-5-24-22-8-6-19(12-20,7-9-22)18-14(3)10-13(2)16(15(18)4)11-17(21)23/h10H,5-9,11H2,1-4H3,(H2,21,23). The van der Waals surface area contributed by atoms with Crippen LogP contribution in [-0.2, 0) is 21.5 Å². The van der Waals surface area contributed by atoms with E-state index in [9.17, 15) is 10.1 Å². The molecule has 0 spiro atoms. The smallest absolute Gasteiger partial charge is 0.221 e. The van der Waals surface area contributed by atoms with Crippen molar-refractivity contribution in [3.63, 3.8) is 0 Å². The first-order valence-electron chi connectivity index (χ1n) is 8.52. The van der Waals surface area contributed by atoms with E-state index in [1.807, 2.05) is 25.8 Å². The molecule has 24 heavy (non-hydrogen) atoms. The first-order valence-corrected chi connectivity index (χ1v) is 8.52. The summed E-state index contributed by atoms with van der Waals surface area (Å²) in [7, 11) is 0. The van der Waals surface area contributed by atoms with Crippen LogP contribution in [0.1, 0.15) is 47.6 Å². The summed E-state index contributed by atoms with van der Waals surface area (Å²) in [6.45, 7) is 10.2. The molecular weight excluding hydrogens is 302 g/mol. The number of rotatable bonds is 5. The molecule has 1 amide bonds. The van der Waals surface area contributed by atoms with Crippen LogP contribution in [-0.4, -0.2) is 30.7 Å². The number of carbonyl (C=O) groups excluding carboxylic acids is 1. The van der Waals surface area contributed by atoms with E-state index in [0.29, 0.717) is 6.61 Å². The summed E-state index contributed by atoms with van der Waals surface area (Å²) in [6, 6.07) is 4.66. The quantitative estimate of drug-likeness (QED) is 0.900. The second kappa shape index (κ2) is 7.33. The summed E-state index contributed by atoms with van der Waals surface area (Å²) >= 11 is 0. The Bertz CT molecular complexity index is 668. The summed E-state index contributed by atoms with van der Waals surface area (Å²) in [4.78, 5) is 17.0. The van der Waals surface area contributed by atoms with Crippen molar-refractivity contribution < 1.29 is 9.63 Å². The number of nitrogens with two attached hydrogens (primary N) is 1. The topological polar surface area (TPSA) is 79.3 Å². The van der Waals surface area contributed by atoms with E-state index >= 15 is 0 Å². The molecule has 130 valence electrons. The molecule has 0 aliphatic carbocycles. The fraction of sp³-hybridized carbons (Fsp3) is 0.579. The van der Waals surface area contributed by atoms with Crippen LogP contribution in [0.3, 0.4) is 0 Å². The second-order valence-electron chi connectivity index (χ2n) is 6.67. The van der Waals surface area contributed by atoms with Crippen molar-refractivity contribution in [1.29, 1.82) is 5.26 Å². The minimum atomic E-state index is -0.526. The fourth-order valence-electron chi connectivity index (χ4n) is 4.01. The Labute approximate surface area is 144 Å². The Morgan fingerprint density at radius 1 is 1.33 bits per heavy atom. The normalized spacial score (nSPS) is 17.5. The Balaban J connectivity index is 2.46. The largest absolute Gasteiger partial charge is 0.369 e. The van der Waals surface area contributed by atoms with Crippen LogP contribution in [0.5, 0.6) is 0 Å². The molecule has 0 saturated carbocycles. The number of primary amides is 1. The number of piperidine rings is 1. The zero-order chi connectivity index (χ0) is 17.9. The minimum absolute atomic E-state index is 0.220. The molecule has 0 radical (unpaired) electrons. The van der Waals surface area contributed by atoms with Gasteiger partial charge in [-0.3, -0.25) is 9.63 Å². The van der Waals surface area contributed by atoms with Crippen molar-refractivity contribution in [2.45, 2.75) is 52.4 Å². The molecule has 1 heterocycles. The zero-order valence-electron chi connectivity index (χ0n) is 15.1. The minimum Gasteiger partial charge on any atom is -0.369 e. The lowest BCUT2D eigenvalue weighted by Crippen LogP contribution is -2.42. The SMILES string of the molecule is CCON1CCC(C#N)(c2c(C)cc(C)c(CC(N)=O)c2C)CC1. The maximum atomic E-state index is 11.4. The molecule has 0 aromatic heterocycles. The first kappa shape index (κ1) is 18.4. The molecule has 2 N–H and O–H groups in total. The van der Waals surface area contributed by atoms with Gasteiger partial charge in [-0.15, -0.1) is 0 Å². The van der Waals surface area contributed by atoms with Crippen LogP contribution in [0.2, 0.25) is 0 Å². The number of benzene rings is 1. The van der Waals surface area contributed by atoms with E-state index in [0.717, 1.165) is 53.7 Å². The van der Waals surface area contributed by atoms with Gasteiger partial charge in [-0.05, 0) is 68.4 Å². The summed E-state index contributed by atoms with van der Waals surface area (Å²) in [5.74, 6) is -0.340. The summed E-state index contributed by atoms with van der Waals surface area (Å²) < 4.78 is 0. The summed E-state index contributed by atoms with van der Waals surface area (Å²) in [6.07, 6.45) is 1.67. The van der Waals surface area contributed by atoms with Gasteiger partial charge >= 0.3 is 0 Å². The number of hydroxylamine groups is 2. The lowest BCUT2D eigenvalue weighted by Gasteiger charge is -2.39. The van der Waals surface area contributed by atoms with Gasteiger partial charge in [-0.2, -0.15) is 10.3 Å². The fourth-order valence-corrected chi connectivity index (χ4v) is 4.01. The van der Waals surface area contributed by atoms with Crippen LogP contribution in [0.4, 0.5) is 0 Å². The van der Waals surface area contributed by atoms with Gasteiger partial charge in [-0.1, -0.05) is 6.07 Å². The highest BCUT2D eigenvalue weighted by Gasteiger charge is 2.39. The number of aryl methyl sites for hydroxylation is 2. The molecule has 1 aromatic carbocycles. The highest BCUT2D eigenvalue weighted by atomic mass is 16.7. The lowest BCUT2D eigenvalue weighted by atomic mass is 9.69. The molecule has 5 nitrogen and oxygen atoms in total. The molecular formula is C19H27N3O2. The Hall–Kier alpha value is -1.90. The summed E-state index contributed by atoms with van der Waals surface area (Å²) in [5, 5.41) is 11.9. The predicted octanol–water partition coefficient (Wildman–Crippen LogP) is 2.45. The molecule has 5 heteroatoms. The average Bonchev–Trinajstić information content (AvgIpc) is 2.53. The van der Waals surface area contributed by atoms with Gasteiger partial charge < -0.3 is 5.73 Å². The van der Waals surface area contributed by atoms with Crippen LogP contribution in [0.15, 0.2) is 6.07 Å². The maximum Gasteiger partial charge on any atom is 0.221 e. The molecule has 1 fully saturated rings. The van der Waals surface area contributed by atoms with Crippen molar-refractivity contribution in [3.05, 3.63) is 33.9 Å². The number of nitriles is 1. The molecule has 1 aromatic rings. The molecule has 0 unspecified atom stereocenters. The van der Waals surface area contributed by atoms with Crippen molar-refractivity contribution in [2.75, 3.05) is 19.7 Å². The molecule has 1 aliphatic rings. The molecule has 0 bridgehead atoms. The molecule has 1 saturated heterocycles. The summed E-state index contributed by atoms with van der Waals surface area (Å²) in [5.41, 5.74) is 10.1. The molecule has 0 atom stereocenters. The molecule has 2 rings (SSSR count). The number of nitrogens with zero attached hydrogens (tertiary/aromatic N) is 2. The van der Waals surface area contributed by atoms with E-state index < -0.39 is 5.41 Å². The van der Waals surface area contributed by atoms with E-state index in [2.05, 4.69) is 19.1 Å². The highest BCUT2D eigenvalue weighted by Crippen LogP contribution is 2.40. The monoisotopic (exact) mass is 329 g/mol. The van der Waals surface area contributed by atoms with E-state index in [1.165, 1.54) is 0 Å². The number of amides is 1. The maximum absolute atomic E-state index is 11.4. The zero-order valence-corrected chi connectivity index (χ0v) is 15.1. The Kier molecular flexibility index (Phi) is 5.63. The third-order valence-corrected chi connectivity index (χ3v) is 5.06. The van der Waals surface area contributed by atoms with Crippen LogP contribution in [0.25, 0.3) is 0 Å². The Morgan fingerprint density at radius 3 is 2.46 bits per heavy atom. The van der Waals surface area contributed by atoms with Gasteiger partial charge in [0.05, 0.1) is 24.5 Å². The van der Waals surface area contributed by atoms with Crippen LogP contribution in [0, 0.1) is 32.1 Å². The number of hydrogen-bond donors (Lipinski definition) is 1. The van der Waals surface area contributed by atoms with Gasteiger partial charge in [0, 0.05) is 13.1 Å². The van der Waals surface area contributed by atoms with Crippen LogP contribution >= 0.6 is 0 Å². The number of carbonyl (C=O) groups is 1. The third-order valence-electron chi connectivity index (χ3n) is 5.06. The van der Waals surface area contributed by atoms with Gasteiger partial charge in [0.2, 0.25) is 5.91 Å². The second-order valence-corrected chi connectivity index (χ2v) is 6.67. The third kappa shape index (κ3) is 3.45. The van der Waals surface area contributed by atoms with Gasteiger partial charge in [0.15, 0.2) is 0 Å². The predicted molar refractivity (Wildman–Crippen MR) is 93.3 cm³/mol. The van der Waals surface area contributed by atoms with Gasteiger partial charge in [0.25, 0.3) is 0 Å². The highest BCUT2D eigenvalue weighted by molar-refractivity contribution is 5.78. The molecule has 1 aliphatic heterocycles. The van der Waals surface area contributed by atoms with Gasteiger partial charge in [-0.25, -0.2) is 0 Å². The van der Waals surface area contributed by atoms with E-state index in [1.54, 1.807) is 0 Å². The number of hydrogen-bond acceptors (Lipinski definition) is 4. The van der Waals surface area contributed by atoms with Crippen molar-refractivity contribution >= 4 is 5.91 Å². The van der Waals surface area contributed by atoms with Crippen LogP contribution < -0.4 is 5.73 Å². The average molecular weight is 329 g/mol. The van der Waals surface area contributed by atoms with Gasteiger partial charge in [0.1, 0.15) is 0 Å². The Morgan fingerprint density at radius 2 is 1.96 bits per heavy atom. The lowest BCUT2D eigenvalue weighted by molar-refractivity contribution is -0.169. The van der Waals surface area contributed by atoms with Crippen molar-refractivity contribution in [1.82, 2.24) is 5.06 Å². The first-order chi connectivity index (χ1) is 11.3. The van der Waals surface area contributed by atoms with Crippen molar-refractivity contribution in [3.8, 4) is 6.07 Å². The van der Waals surface area contributed by atoms with Crippen molar-refractivity contribution in [2.24, 2.45) is 5.73 Å². The van der Waals surface area contributed by atoms with E-state index in [-0.39, 0.29) is 12.3 Å². The van der Waals surface area contributed by atoms with E-state index in [4.69, 9.17) is 10.6 Å².